The van der Waals surface area contributed by atoms with Crippen molar-refractivity contribution in [1.29, 1.82) is 0 Å². The fourth-order valence-electron chi connectivity index (χ4n) is 2.73. The number of benzene rings is 1. The molecule has 1 aromatic carbocycles. The van der Waals surface area contributed by atoms with Crippen LogP contribution in [-0.4, -0.2) is 25.6 Å². The first kappa shape index (κ1) is 15.8. The second kappa shape index (κ2) is 8.67. The Morgan fingerprint density at radius 1 is 1.33 bits per heavy atom. The molecule has 0 aliphatic carbocycles. The minimum Gasteiger partial charge on any atom is -0.494 e. The summed E-state index contributed by atoms with van der Waals surface area (Å²) in [5.41, 5.74) is 1.04. The molecule has 0 atom stereocenters. The van der Waals surface area contributed by atoms with Gasteiger partial charge in [0.2, 0.25) is 5.91 Å². The molecule has 0 radical (unpaired) electrons. The summed E-state index contributed by atoms with van der Waals surface area (Å²) in [5, 5.41) is 6.36. The summed E-state index contributed by atoms with van der Waals surface area (Å²) in [7, 11) is 0. The Labute approximate surface area is 127 Å². The predicted octanol–water partition coefficient (Wildman–Crippen LogP) is 2.48. The summed E-state index contributed by atoms with van der Waals surface area (Å²) in [6.45, 7) is 5.33. The molecule has 1 aromatic rings. The lowest BCUT2D eigenvalue weighted by atomic mass is 9.93. The van der Waals surface area contributed by atoms with Crippen LogP contribution in [0.1, 0.15) is 38.2 Å². The van der Waals surface area contributed by atoms with E-state index < -0.39 is 0 Å². The lowest BCUT2D eigenvalue weighted by Crippen LogP contribution is -2.29. The van der Waals surface area contributed by atoms with E-state index in [-0.39, 0.29) is 5.91 Å². The quantitative estimate of drug-likeness (QED) is 0.811. The lowest BCUT2D eigenvalue weighted by molar-refractivity contribution is -0.121. The molecule has 21 heavy (non-hydrogen) atoms. The van der Waals surface area contributed by atoms with Crippen LogP contribution in [0.2, 0.25) is 0 Å². The molecule has 1 fully saturated rings. The first-order chi connectivity index (χ1) is 10.3. The molecule has 1 amide bonds. The highest BCUT2D eigenvalue weighted by Crippen LogP contribution is 2.19. The summed E-state index contributed by atoms with van der Waals surface area (Å²) >= 11 is 0. The van der Waals surface area contributed by atoms with Crippen LogP contribution < -0.4 is 15.4 Å². The smallest absolute Gasteiger partial charge is 0.220 e. The monoisotopic (exact) mass is 290 g/mol. The molecular weight excluding hydrogens is 264 g/mol. The maximum Gasteiger partial charge on any atom is 0.220 e. The highest BCUT2D eigenvalue weighted by atomic mass is 16.5. The Hall–Kier alpha value is -1.55. The number of carbonyl (C=O) groups excluding carboxylic acids is 1. The van der Waals surface area contributed by atoms with Crippen LogP contribution >= 0.6 is 0 Å². The van der Waals surface area contributed by atoms with Gasteiger partial charge >= 0.3 is 0 Å². The Kier molecular flexibility index (Phi) is 6.54. The summed E-state index contributed by atoms with van der Waals surface area (Å²) in [4.78, 5) is 12.0. The number of nitrogens with one attached hydrogen (secondary N) is 2. The number of amides is 1. The number of para-hydroxylation sites is 1. The standard InChI is InChI=1S/C17H26N2O2/c1-2-21-16-6-4-3-5-15(16)13-19-17(20)8-7-14-9-11-18-12-10-14/h3-6,14,18H,2,7-13H2,1H3,(H,19,20). The van der Waals surface area contributed by atoms with Gasteiger partial charge in [0.25, 0.3) is 0 Å². The van der Waals surface area contributed by atoms with Crippen molar-refractivity contribution in [2.45, 2.75) is 39.2 Å². The van der Waals surface area contributed by atoms with Crippen molar-refractivity contribution in [3.63, 3.8) is 0 Å². The van der Waals surface area contributed by atoms with Crippen molar-refractivity contribution < 1.29 is 9.53 Å². The molecule has 1 aliphatic heterocycles. The van der Waals surface area contributed by atoms with Crippen LogP contribution in [0.15, 0.2) is 24.3 Å². The van der Waals surface area contributed by atoms with Crippen LogP contribution in [-0.2, 0) is 11.3 Å². The predicted molar refractivity (Wildman–Crippen MR) is 84.3 cm³/mol. The molecule has 0 spiro atoms. The van der Waals surface area contributed by atoms with E-state index in [4.69, 9.17) is 4.74 Å². The first-order valence-corrected chi connectivity index (χ1v) is 7.97. The largest absolute Gasteiger partial charge is 0.494 e. The van der Waals surface area contributed by atoms with Crippen molar-refractivity contribution in [3.8, 4) is 5.75 Å². The van der Waals surface area contributed by atoms with Gasteiger partial charge in [-0.15, -0.1) is 0 Å². The molecule has 2 rings (SSSR count). The summed E-state index contributed by atoms with van der Waals surface area (Å²) in [5.74, 6) is 1.70. The Morgan fingerprint density at radius 2 is 2.10 bits per heavy atom. The van der Waals surface area contributed by atoms with Gasteiger partial charge in [-0.2, -0.15) is 0 Å². The molecule has 1 heterocycles. The molecule has 4 nitrogen and oxygen atoms in total. The molecule has 1 aliphatic rings. The van der Waals surface area contributed by atoms with Gasteiger partial charge in [-0.1, -0.05) is 18.2 Å². The lowest BCUT2D eigenvalue weighted by Gasteiger charge is -2.22. The molecule has 0 unspecified atom stereocenters. The van der Waals surface area contributed by atoms with Crippen molar-refractivity contribution in [2.75, 3.05) is 19.7 Å². The fraction of sp³-hybridized carbons (Fsp3) is 0.588. The van der Waals surface area contributed by atoms with Crippen LogP contribution in [0.5, 0.6) is 5.75 Å². The minimum atomic E-state index is 0.139. The van der Waals surface area contributed by atoms with Gasteiger partial charge < -0.3 is 15.4 Å². The van der Waals surface area contributed by atoms with Gasteiger partial charge in [0, 0.05) is 18.5 Å². The summed E-state index contributed by atoms with van der Waals surface area (Å²) in [6.07, 6.45) is 4.02. The summed E-state index contributed by atoms with van der Waals surface area (Å²) in [6, 6.07) is 7.87. The maximum absolute atomic E-state index is 12.0. The molecule has 2 N–H and O–H groups in total. The average Bonchev–Trinajstić information content (AvgIpc) is 2.53. The van der Waals surface area contributed by atoms with E-state index in [0.717, 1.165) is 30.8 Å². The molecule has 116 valence electrons. The van der Waals surface area contributed by atoms with E-state index in [1.807, 2.05) is 31.2 Å². The molecule has 0 saturated carbocycles. The van der Waals surface area contributed by atoms with Crippen LogP contribution in [0.4, 0.5) is 0 Å². The Morgan fingerprint density at radius 3 is 2.86 bits per heavy atom. The number of hydrogen-bond acceptors (Lipinski definition) is 3. The maximum atomic E-state index is 12.0. The van der Waals surface area contributed by atoms with Gasteiger partial charge in [0.1, 0.15) is 5.75 Å². The van der Waals surface area contributed by atoms with Gasteiger partial charge in [0.15, 0.2) is 0 Å². The van der Waals surface area contributed by atoms with Crippen LogP contribution in [0.25, 0.3) is 0 Å². The molecule has 0 bridgehead atoms. The third-order valence-electron chi connectivity index (χ3n) is 3.99. The van der Waals surface area contributed by atoms with Gasteiger partial charge in [-0.05, 0) is 51.3 Å². The summed E-state index contributed by atoms with van der Waals surface area (Å²) < 4.78 is 5.57. The van der Waals surface area contributed by atoms with E-state index >= 15 is 0 Å². The Balaban J connectivity index is 1.73. The number of rotatable bonds is 7. The SMILES string of the molecule is CCOc1ccccc1CNC(=O)CCC1CCNCC1. The normalized spacial score (nSPS) is 15.7. The molecule has 0 aromatic heterocycles. The van der Waals surface area contributed by atoms with Crippen molar-refractivity contribution in [1.82, 2.24) is 10.6 Å². The molecular formula is C17H26N2O2. The van der Waals surface area contributed by atoms with E-state index in [1.165, 1.54) is 12.8 Å². The highest BCUT2D eigenvalue weighted by Gasteiger charge is 2.14. The van der Waals surface area contributed by atoms with E-state index in [9.17, 15) is 4.79 Å². The third kappa shape index (κ3) is 5.38. The Bertz CT molecular complexity index is 442. The van der Waals surface area contributed by atoms with Crippen molar-refractivity contribution in [3.05, 3.63) is 29.8 Å². The fourth-order valence-corrected chi connectivity index (χ4v) is 2.73. The first-order valence-electron chi connectivity index (χ1n) is 7.97. The zero-order valence-corrected chi connectivity index (χ0v) is 12.9. The van der Waals surface area contributed by atoms with Crippen molar-refractivity contribution in [2.24, 2.45) is 5.92 Å². The van der Waals surface area contributed by atoms with Crippen molar-refractivity contribution >= 4 is 5.91 Å². The molecule has 1 saturated heterocycles. The minimum absolute atomic E-state index is 0.139. The third-order valence-corrected chi connectivity index (χ3v) is 3.99. The highest BCUT2D eigenvalue weighted by molar-refractivity contribution is 5.75. The van der Waals surface area contributed by atoms with E-state index in [1.54, 1.807) is 0 Å². The number of carbonyl (C=O) groups is 1. The second-order valence-electron chi connectivity index (χ2n) is 5.55. The zero-order chi connectivity index (χ0) is 14.9. The van der Waals surface area contributed by atoms with Crippen LogP contribution in [0.3, 0.4) is 0 Å². The second-order valence-corrected chi connectivity index (χ2v) is 5.55. The number of ether oxygens (including phenoxy) is 1. The number of piperidine rings is 1. The van der Waals surface area contributed by atoms with Gasteiger partial charge in [0.05, 0.1) is 6.61 Å². The van der Waals surface area contributed by atoms with E-state index in [0.29, 0.717) is 25.5 Å². The zero-order valence-electron chi connectivity index (χ0n) is 12.9. The number of hydrogen-bond donors (Lipinski definition) is 2. The van der Waals surface area contributed by atoms with Gasteiger partial charge in [-0.3, -0.25) is 4.79 Å². The van der Waals surface area contributed by atoms with Crippen LogP contribution in [0, 0.1) is 5.92 Å². The molecule has 4 heteroatoms. The topological polar surface area (TPSA) is 50.4 Å². The average molecular weight is 290 g/mol. The van der Waals surface area contributed by atoms with E-state index in [2.05, 4.69) is 10.6 Å². The van der Waals surface area contributed by atoms with Gasteiger partial charge in [-0.25, -0.2) is 0 Å².